The molecule has 0 aromatic rings. The van der Waals surface area contributed by atoms with Crippen molar-refractivity contribution in [3.8, 4) is 0 Å². The summed E-state index contributed by atoms with van der Waals surface area (Å²) in [7, 11) is 0. The Hall–Kier alpha value is -3.71. The fourth-order valence-electron chi connectivity index (χ4n) is 4.62. The van der Waals surface area contributed by atoms with Crippen molar-refractivity contribution in [2.75, 3.05) is 6.54 Å². The van der Waals surface area contributed by atoms with Crippen LogP contribution in [0, 0.1) is 5.92 Å². The van der Waals surface area contributed by atoms with Crippen molar-refractivity contribution < 1.29 is 48.1 Å². The molecule has 0 saturated carbocycles. The van der Waals surface area contributed by atoms with Crippen LogP contribution in [-0.2, 0) is 43.0 Å². The van der Waals surface area contributed by atoms with Crippen molar-refractivity contribution >= 4 is 41.5 Å². The lowest BCUT2D eigenvalue weighted by Gasteiger charge is -2.31. The van der Waals surface area contributed by atoms with Crippen molar-refractivity contribution in [3.05, 3.63) is 0 Å². The maximum absolute atomic E-state index is 13.8. The Labute approximate surface area is 259 Å². The highest BCUT2D eigenvalue weighted by Crippen LogP contribution is 2.21. The number of ether oxygens (including phenoxy) is 2. The summed E-state index contributed by atoms with van der Waals surface area (Å²) in [5, 5.41) is 17.2. The Bertz CT molecular complexity index is 1080. The van der Waals surface area contributed by atoms with E-state index in [1.807, 2.05) is 6.92 Å². The van der Waals surface area contributed by atoms with Gasteiger partial charge in [-0.15, -0.1) is 0 Å². The SMILES string of the molecule is CC[C@H](C)[C@H](NC(C)=O)C(=O)N[C@@H](CCC(=O)OC(C)(C)C)C(=O)N1CCC[C@H]1C(=O)N[C@@H](CC(=O)OC(C)(C)C)C(=O)O. The Balaban J connectivity index is 3.21. The number of carbonyl (C=O) groups excluding carboxylic acids is 6. The van der Waals surface area contributed by atoms with E-state index in [4.69, 9.17) is 9.47 Å². The van der Waals surface area contributed by atoms with Gasteiger partial charge in [0.05, 0.1) is 6.42 Å². The van der Waals surface area contributed by atoms with Crippen LogP contribution in [0.2, 0.25) is 0 Å². The van der Waals surface area contributed by atoms with Crippen LogP contribution >= 0.6 is 0 Å². The third kappa shape index (κ3) is 13.3. The number of nitrogens with one attached hydrogen (secondary N) is 3. The highest BCUT2D eigenvalue weighted by atomic mass is 16.6. The van der Waals surface area contributed by atoms with Gasteiger partial charge < -0.3 is 35.4 Å². The molecule has 250 valence electrons. The van der Waals surface area contributed by atoms with Gasteiger partial charge in [0.15, 0.2) is 0 Å². The zero-order chi connectivity index (χ0) is 34.0. The van der Waals surface area contributed by atoms with Crippen LogP contribution in [0.15, 0.2) is 0 Å². The van der Waals surface area contributed by atoms with Gasteiger partial charge in [-0.25, -0.2) is 4.79 Å². The average molecular weight is 627 g/mol. The number of nitrogens with zero attached hydrogens (tertiary/aromatic N) is 1. The number of aliphatic carboxylic acids is 1. The number of rotatable bonds is 14. The number of amides is 4. The molecule has 4 N–H and O–H groups in total. The number of likely N-dealkylation sites (tertiary alicyclic amines) is 1. The number of hydrogen-bond donors (Lipinski definition) is 4. The van der Waals surface area contributed by atoms with E-state index in [1.54, 1.807) is 48.5 Å². The van der Waals surface area contributed by atoms with E-state index in [9.17, 15) is 38.7 Å². The Morgan fingerprint density at radius 1 is 0.886 bits per heavy atom. The minimum atomic E-state index is -1.59. The van der Waals surface area contributed by atoms with E-state index < -0.39 is 83.3 Å². The fourth-order valence-corrected chi connectivity index (χ4v) is 4.62. The minimum absolute atomic E-state index is 0.139. The van der Waals surface area contributed by atoms with E-state index in [-0.39, 0.29) is 31.7 Å². The van der Waals surface area contributed by atoms with Crippen LogP contribution in [-0.4, -0.2) is 93.5 Å². The number of esters is 2. The van der Waals surface area contributed by atoms with Crippen molar-refractivity contribution in [1.29, 1.82) is 0 Å². The van der Waals surface area contributed by atoms with Crippen molar-refractivity contribution in [3.63, 3.8) is 0 Å². The van der Waals surface area contributed by atoms with E-state index in [0.29, 0.717) is 12.8 Å². The molecular weight excluding hydrogens is 576 g/mol. The van der Waals surface area contributed by atoms with E-state index >= 15 is 0 Å². The van der Waals surface area contributed by atoms with Crippen LogP contribution in [0.1, 0.15) is 101 Å². The zero-order valence-corrected chi connectivity index (χ0v) is 27.4. The predicted octanol–water partition coefficient (Wildman–Crippen LogP) is 1.44. The number of carbonyl (C=O) groups is 7. The molecule has 5 atom stereocenters. The second-order valence-corrected chi connectivity index (χ2v) is 13.1. The fraction of sp³-hybridized carbons (Fsp3) is 0.767. The van der Waals surface area contributed by atoms with E-state index in [2.05, 4.69) is 16.0 Å². The molecule has 1 aliphatic rings. The van der Waals surface area contributed by atoms with E-state index in [1.165, 1.54) is 11.8 Å². The maximum Gasteiger partial charge on any atom is 0.326 e. The van der Waals surface area contributed by atoms with Crippen LogP contribution in [0.3, 0.4) is 0 Å². The lowest BCUT2D eigenvalue weighted by molar-refractivity contribution is -0.159. The summed E-state index contributed by atoms with van der Waals surface area (Å²) in [6, 6.07) is -4.87. The lowest BCUT2D eigenvalue weighted by Crippen LogP contribution is -2.58. The van der Waals surface area contributed by atoms with Gasteiger partial charge in [0.2, 0.25) is 23.6 Å². The van der Waals surface area contributed by atoms with Gasteiger partial charge in [0.25, 0.3) is 0 Å². The lowest BCUT2D eigenvalue weighted by atomic mass is 9.97. The molecule has 1 rings (SSSR count). The molecule has 0 aromatic heterocycles. The Morgan fingerprint density at radius 3 is 1.95 bits per heavy atom. The van der Waals surface area contributed by atoms with E-state index in [0.717, 1.165) is 0 Å². The first-order valence-corrected chi connectivity index (χ1v) is 15.0. The molecule has 44 heavy (non-hydrogen) atoms. The first-order chi connectivity index (χ1) is 20.1. The quantitative estimate of drug-likeness (QED) is 0.205. The molecule has 1 heterocycles. The van der Waals surface area contributed by atoms with Gasteiger partial charge in [0.1, 0.15) is 35.4 Å². The minimum Gasteiger partial charge on any atom is -0.480 e. The topological polar surface area (TPSA) is 198 Å². The number of hydrogen-bond acceptors (Lipinski definition) is 9. The van der Waals surface area contributed by atoms with Crippen molar-refractivity contribution in [1.82, 2.24) is 20.9 Å². The largest absolute Gasteiger partial charge is 0.480 e. The van der Waals surface area contributed by atoms with Crippen LogP contribution in [0.25, 0.3) is 0 Å². The third-order valence-electron chi connectivity index (χ3n) is 6.77. The van der Waals surface area contributed by atoms with Crippen molar-refractivity contribution in [2.45, 2.75) is 136 Å². The van der Waals surface area contributed by atoms with Crippen molar-refractivity contribution in [2.24, 2.45) is 5.92 Å². The normalized spacial score (nSPS) is 17.8. The first kappa shape index (κ1) is 38.3. The highest BCUT2D eigenvalue weighted by Gasteiger charge is 2.40. The third-order valence-corrected chi connectivity index (χ3v) is 6.77. The molecule has 1 fully saturated rings. The molecule has 1 aliphatic heterocycles. The summed E-state index contributed by atoms with van der Waals surface area (Å²) >= 11 is 0. The summed E-state index contributed by atoms with van der Waals surface area (Å²) in [4.78, 5) is 90.0. The molecular formula is C30H50N4O10. The summed E-state index contributed by atoms with van der Waals surface area (Å²) in [6.45, 7) is 15.0. The molecule has 0 unspecified atom stereocenters. The Morgan fingerprint density at radius 2 is 1.45 bits per heavy atom. The van der Waals surface area contributed by atoms with Gasteiger partial charge >= 0.3 is 17.9 Å². The number of carboxylic acid groups (broad SMARTS) is 1. The van der Waals surface area contributed by atoms with Gasteiger partial charge in [-0.1, -0.05) is 20.3 Å². The number of carboxylic acids is 1. The first-order valence-electron chi connectivity index (χ1n) is 15.0. The van der Waals surface area contributed by atoms with Gasteiger partial charge in [-0.3, -0.25) is 28.8 Å². The molecule has 0 aromatic carbocycles. The van der Waals surface area contributed by atoms with Crippen LogP contribution in [0.4, 0.5) is 0 Å². The molecule has 14 heteroatoms. The van der Waals surface area contributed by atoms with Crippen LogP contribution in [0.5, 0.6) is 0 Å². The summed E-state index contributed by atoms with van der Waals surface area (Å²) in [6.07, 6.45) is 0.203. The molecule has 1 saturated heterocycles. The second-order valence-electron chi connectivity index (χ2n) is 13.1. The summed E-state index contributed by atoms with van der Waals surface area (Å²) in [5.74, 6) is -5.61. The van der Waals surface area contributed by atoms with Gasteiger partial charge in [-0.2, -0.15) is 0 Å². The molecule has 0 radical (unpaired) electrons. The summed E-state index contributed by atoms with van der Waals surface area (Å²) in [5.41, 5.74) is -1.63. The zero-order valence-electron chi connectivity index (χ0n) is 27.4. The monoisotopic (exact) mass is 626 g/mol. The maximum atomic E-state index is 13.8. The molecule has 0 bridgehead atoms. The highest BCUT2D eigenvalue weighted by molar-refractivity contribution is 5.96. The smallest absolute Gasteiger partial charge is 0.326 e. The summed E-state index contributed by atoms with van der Waals surface area (Å²) < 4.78 is 10.5. The molecule has 0 aliphatic carbocycles. The Kier molecular flexibility index (Phi) is 14.3. The van der Waals surface area contributed by atoms with Gasteiger partial charge in [0, 0.05) is 19.9 Å². The van der Waals surface area contributed by atoms with Gasteiger partial charge in [-0.05, 0) is 66.7 Å². The average Bonchev–Trinajstić information content (AvgIpc) is 3.36. The standard InChI is InChI=1S/C30H50N4O10/c1-10-17(2)24(31-18(3)35)26(39)32-19(13-14-22(36)43-29(4,5)6)27(40)34-15-11-12-21(34)25(38)33-20(28(41)42)16-23(37)44-30(7,8)9/h17,19-21,24H,10-16H2,1-9H3,(H,31,35)(H,32,39)(H,33,38)(H,41,42)/t17-,19-,20-,21-,24-/m0/s1. The molecule has 4 amide bonds. The van der Waals surface area contributed by atoms with Crippen LogP contribution < -0.4 is 16.0 Å². The molecule has 14 nitrogen and oxygen atoms in total. The second kappa shape index (κ2) is 16.4. The molecule has 0 spiro atoms. The predicted molar refractivity (Wildman–Crippen MR) is 159 cm³/mol.